The number of carbonyl (C=O) groups excluding carboxylic acids is 1. The molecule has 4 heteroatoms. The molecule has 1 N–H and O–H groups in total. The quantitative estimate of drug-likeness (QED) is 0.790. The van der Waals surface area contributed by atoms with E-state index in [1.165, 1.54) is 25.9 Å². The van der Waals surface area contributed by atoms with Gasteiger partial charge in [-0.2, -0.15) is 0 Å². The molecule has 3 saturated heterocycles. The van der Waals surface area contributed by atoms with Crippen molar-refractivity contribution in [2.24, 2.45) is 5.92 Å². The first-order valence-corrected chi connectivity index (χ1v) is 9.48. The second kappa shape index (κ2) is 6.29. The molecule has 4 nitrogen and oxygen atoms in total. The molecule has 5 heterocycles. The van der Waals surface area contributed by atoms with E-state index in [2.05, 4.69) is 38.9 Å². The minimum Gasteiger partial charge on any atom is -0.348 e. The lowest BCUT2D eigenvalue weighted by molar-refractivity contribution is 0.0620. The van der Waals surface area contributed by atoms with E-state index in [4.69, 9.17) is 0 Å². The summed E-state index contributed by atoms with van der Waals surface area (Å²) in [6.45, 7) is 3.38. The number of hydrogen-bond donors (Lipinski definition) is 1. The number of hydrogen-bond acceptors (Lipinski definition) is 2. The van der Waals surface area contributed by atoms with Crippen molar-refractivity contribution in [2.45, 2.75) is 18.9 Å². The van der Waals surface area contributed by atoms with Crippen molar-refractivity contribution in [3.8, 4) is 11.3 Å². The number of benzene rings is 1. The summed E-state index contributed by atoms with van der Waals surface area (Å²) in [5.41, 5.74) is 4.04. The predicted molar refractivity (Wildman–Crippen MR) is 103 cm³/mol. The summed E-state index contributed by atoms with van der Waals surface area (Å²) in [7, 11) is 0. The zero-order valence-corrected chi connectivity index (χ0v) is 14.8. The van der Waals surface area contributed by atoms with Gasteiger partial charge in [0.05, 0.1) is 11.3 Å². The monoisotopic (exact) mass is 345 g/mol. The fourth-order valence-corrected chi connectivity index (χ4v) is 4.48. The van der Waals surface area contributed by atoms with Crippen molar-refractivity contribution in [3.63, 3.8) is 0 Å². The third-order valence-corrected chi connectivity index (χ3v) is 5.93. The fraction of sp³-hybridized carbons (Fsp3) is 0.318. The predicted octanol–water partition coefficient (Wildman–Crippen LogP) is 3.43. The maximum Gasteiger partial charge on any atom is 0.253 e. The molecule has 3 aromatic rings. The van der Waals surface area contributed by atoms with Crippen molar-refractivity contribution in [3.05, 3.63) is 66.4 Å². The van der Waals surface area contributed by atoms with Crippen LogP contribution < -0.4 is 5.32 Å². The molecule has 2 aromatic heterocycles. The zero-order chi connectivity index (χ0) is 17.5. The average Bonchev–Trinajstić information content (AvgIpc) is 3.14. The average molecular weight is 345 g/mol. The standard InChI is InChI=1S/C22H23N3O/c26-22(23-20-15-24-11-9-16(20)10-12-24)18-13-19-7-4-8-21(25(19)14-18)17-5-2-1-3-6-17/h1-8,13-14,16,20H,9-12,15H2,(H,23,26)/t20-/m0/s1. The smallest absolute Gasteiger partial charge is 0.253 e. The van der Waals surface area contributed by atoms with Gasteiger partial charge in [-0.15, -0.1) is 0 Å². The zero-order valence-electron chi connectivity index (χ0n) is 14.8. The van der Waals surface area contributed by atoms with Crippen LogP contribution in [-0.2, 0) is 0 Å². The largest absolute Gasteiger partial charge is 0.348 e. The van der Waals surface area contributed by atoms with Crippen molar-refractivity contribution >= 4 is 11.4 Å². The Balaban J connectivity index is 1.44. The summed E-state index contributed by atoms with van der Waals surface area (Å²) in [4.78, 5) is 15.3. The van der Waals surface area contributed by atoms with E-state index in [0.717, 1.165) is 28.9 Å². The van der Waals surface area contributed by atoms with E-state index in [1.807, 2.05) is 36.5 Å². The van der Waals surface area contributed by atoms with Gasteiger partial charge in [-0.3, -0.25) is 4.79 Å². The Kier molecular flexibility index (Phi) is 3.79. The molecule has 1 aromatic carbocycles. The first-order valence-electron chi connectivity index (χ1n) is 9.48. The van der Waals surface area contributed by atoms with E-state index in [0.29, 0.717) is 12.0 Å². The van der Waals surface area contributed by atoms with Crippen LogP contribution in [0.1, 0.15) is 23.2 Å². The van der Waals surface area contributed by atoms with Gasteiger partial charge in [-0.25, -0.2) is 0 Å². The first-order chi connectivity index (χ1) is 12.8. The van der Waals surface area contributed by atoms with E-state index >= 15 is 0 Å². The Bertz CT molecular complexity index is 938. The summed E-state index contributed by atoms with van der Waals surface area (Å²) in [6.07, 6.45) is 4.38. The van der Waals surface area contributed by atoms with E-state index in [-0.39, 0.29) is 5.91 Å². The van der Waals surface area contributed by atoms with Gasteiger partial charge in [0.2, 0.25) is 0 Å². The van der Waals surface area contributed by atoms with Gasteiger partial charge in [0.25, 0.3) is 5.91 Å². The Morgan fingerprint density at radius 3 is 2.54 bits per heavy atom. The number of amides is 1. The highest BCUT2D eigenvalue weighted by Crippen LogP contribution is 2.28. The van der Waals surface area contributed by atoms with Gasteiger partial charge < -0.3 is 14.6 Å². The van der Waals surface area contributed by atoms with Crippen LogP contribution in [0.5, 0.6) is 0 Å². The van der Waals surface area contributed by atoms with E-state index in [1.54, 1.807) is 0 Å². The number of carbonyl (C=O) groups is 1. The lowest BCUT2D eigenvalue weighted by Crippen LogP contribution is -2.57. The Morgan fingerprint density at radius 1 is 1.00 bits per heavy atom. The minimum absolute atomic E-state index is 0.0476. The molecule has 0 saturated carbocycles. The minimum atomic E-state index is 0.0476. The van der Waals surface area contributed by atoms with Crippen LogP contribution >= 0.6 is 0 Å². The van der Waals surface area contributed by atoms with Gasteiger partial charge in [-0.1, -0.05) is 36.4 Å². The van der Waals surface area contributed by atoms with Crippen molar-refractivity contribution in [1.82, 2.24) is 14.6 Å². The Morgan fingerprint density at radius 2 is 1.81 bits per heavy atom. The van der Waals surface area contributed by atoms with Crippen LogP contribution in [0.15, 0.2) is 60.8 Å². The Labute approximate surface area is 153 Å². The molecule has 3 aliphatic rings. The van der Waals surface area contributed by atoms with Crippen LogP contribution in [0, 0.1) is 5.92 Å². The van der Waals surface area contributed by atoms with Crippen LogP contribution in [-0.4, -0.2) is 40.9 Å². The summed E-state index contributed by atoms with van der Waals surface area (Å²) in [5.74, 6) is 0.687. The third kappa shape index (κ3) is 2.71. The second-order valence-corrected chi connectivity index (χ2v) is 7.52. The molecule has 0 radical (unpaired) electrons. The number of piperidine rings is 3. The van der Waals surface area contributed by atoms with Crippen molar-refractivity contribution in [1.29, 1.82) is 0 Å². The van der Waals surface area contributed by atoms with Crippen LogP contribution in [0.25, 0.3) is 16.8 Å². The number of rotatable bonds is 3. The lowest BCUT2D eigenvalue weighted by Gasteiger charge is -2.44. The number of nitrogens with one attached hydrogen (secondary N) is 1. The second-order valence-electron chi connectivity index (χ2n) is 7.52. The molecule has 26 heavy (non-hydrogen) atoms. The normalized spacial score (nSPS) is 24.7. The molecular formula is C22H23N3O. The first kappa shape index (κ1) is 15.6. The molecule has 0 unspecified atom stereocenters. The molecule has 6 rings (SSSR count). The van der Waals surface area contributed by atoms with E-state index in [9.17, 15) is 4.79 Å². The lowest BCUT2D eigenvalue weighted by atomic mass is 9.84. The number of nitrogens with zero attached hydrogens (tertiary/aromatic N) is 2. The van der Waals surface area contributed by atoms with Gasteiger partial charge in [0.15, 0.2) is 0 Å². The fourth-order valence-electron chi connectivity index (χ4n) is 4.48. The highest BCUT2D eigenvalue weighted by molar-refractivity contribution is 5.96. The molecule has 2 bridgehead atoms. The highest BCUT2D eigenvalue weighted by atomic mass is 16.1. The summed E-state index contributed by atoms with van der Waals surface area (Å²) in [6, 6.07) is 18.8. The van der Waals surface area contributed by atoms with E-state index < -0.39 is 0 Å². The molecule has 3 aliphatic heterocycles. The summed E-state index contributed by atoms with van der Waals surface area (Å²) in [5, 5.41) is 3.29. The maximum atomic E-state index is 12.9. The topological polar surface area (TPSA) is 36.8 Å². The highest BCUT2D eigenvalue weighted by Gasteiger charge is 2.35. The summed E-state index contributed by atoms with van der Waals surface area (Å²) >= 11 is 0. The number of fused-ring (bicyclic) bond motifs is 4. The third-order valence-electron chi connectivity index (χ3n) is 5.93. The summed E-state index contributed by atoms with van der Waals surface area (Å²) < 4.78 is 2.11. The van der Waals surface area contributed by atoms with Crippen LogP contribution in [0.3, 0.4) is 0 Å². The molecule has 3 fully saturated rings. The van der Waals surface area contributed by atoms with Crippen LogP contribution in [0.2, 0.25) is 0 Å². The SMILES string of the molecule is O=C(N[C@H]1CN2CCC1CC2)c1cc2cccc(-c3ccccc3)n2c1. The van der Waals surface area contributed by atoms with Gasteiger partial charge >= 0.3 is 0 Å². The number of pyridine rings is 1. The molecular weight excluding hydrogens is 322 g/mol. The molecule has 0 aliphatic carbocycles. The van der Waals surface area contributed by atoms with Crippen molar-refractivity contribution < 1.29 is 4.79 Å². The Hall–Kier alpha value is -2.59. The molecule has 1 atom stereocenters. The number of aromatic nitrogens is 1. The van der Waals surface area contributed by atoms with Gasteiger partial charge in [0.1, 0.15) is 0 Å². The molecule has 1 amide bonds. The van der Waals surface area contributed by atoms with Gasteiger partial charge in [-0.05, 0) is 55.6 Å². The van der Waals surface area contributed by atoms with Crippen LogP contribution in [0.4, 0.5) is 0 Å². The van der Waals surface area contributed by atoms with Gasteiger partial charge in [0, 0.05) is 24.3 Å². The maximum absolute atomic E-state index is 12.9. The molecule has 0 spiro atoms. The molecule has 132 valence electrons. The van der Waals surface area contributed by atoms with Crippen molar-refractivity contribution in [2.75, 3.05) is 19.6 Å².